The zero-order valence-electron chi connectivity index (χ0n) is 11.4. The lowest BCUT2D eigenvalue weighted by atomic mass is 10.2. The van der Waals surface area contributed by atoms with E-state index in [4.69, 9.17) is 5.11 Å². The maximum atomic E-state index is 11.8. The van der Waals surface area contributed by atoms with Gasteiger partial charge >= 0.3 is 5.97 Å². The summed E-state index contributed by atoms with van der Waals surface area (Å²) in [6.07, 6.45) is 3.57. The van der Waals surface area contributed by atoms with Gasteiger partial charge in [0.1, 0.15) is 0 Å². The number of piperazine rings is 1. The number of amides is 1. The zero-order chi connectivity index (χ0) is 14.4. The molecule has 1 aliphatic rings. The average Bonchev–Trinajstić information content (AvgIpc) is 2.46. The van der Waals surface area contributed by atoms with E-state index in [0.717, 1.165) is 19.6 Å². The van der Waals surface area contributed by atoms with Gasteiger partial charge in [0.05, 0.1) is 6.42 Å². The zero-order valence-corrected chi connectivity index (χ0v) is 11.4. The number of carboxylic acids is 1. The monoisotopic (exact) mass is 277 g/mol. The first kappa shape index (κ1) is 14.5. The quantitative estimate of drug-likeness (QED) is 0.852. The van der Waals surface area contributed by atoms with Crippen molar-refractivity contribution < 1.29 is 14.7 Å². The van der Waals surface area contributed by atoms with Crippen LogP contribution in [-0.2, 0) is 16.1 Å². The molecule has 6 heteroatoms. The summed E-state index contributed by atoms with van der Waals surface area (Å²) in [5.74, 6) is -0.981. The Morgan fingerprint density at radius 2 is 1.75 bits per heavy atom. The number of aromatic nitrogens is 1. The van der Waals surface area contributed by atoms with Crippen LogP contribution >= 0.6 is 0 Å². The molecule has 108 valence electrons. The molecule has 1 saturated heterocycles. The predicted molar refractivity (Wildman–Crippen MR) is 73.0 cm³/mol. The molecule has 2 rings (SSSR count). The maximum Gasteiger partial charge on any atom is 0.303 e. The van der Waals surface area contributed by atoms with Crippen LogP contribution < -0.4 is 0 Å². The highest BCUT2D eigenvalue weighted by molar-refractivity contribution is 5.80. The molecule has 0 aromatic carbocycles. The van der Waals surface area contributed by atoms with Crippen LogP contribution in [0.15, 0.2) is 24.5 Å². The fraction of sp³-hybridized carbons (Fsp3) is 0.500. The Hall–Kier alpha value is -1.95. The van der Waals surface area contributed by atoms with Crippen molar-refractivity contribution in [1.29, 1.82) is 0 Å². The molecular weight excluding hydrogens is 258 g/mol. The molecule has 2 heterocycles. The molecule has 1 fully saturated rings. The minimum absolute atomic E-state index is 0.0593. The first-order valence-corrected chi connectivity index (χ1v) is 6.76. The molecule has 0 radical (unpaired) electrons. The fourth-order valence-electron chi connectivity index (χ4n) is 2.27. The summed E-state index contributed by atoms with van der Waals surface area (Å²) < 4.78 is 0. The van der Waals surface area contributed by atoms with Crippen molar-refractivity contribution in [2.24, 2.45) is 0 Å². The molecule has 1 N–H and O–H groups in total. The number of rotatable bonds is 5. The van der Waals surface area contributed by atoms with Crippen LogP contribution in [0, 0.1) is 0 Å². The lowest BCUT2D eigenvalue weighted by Gasteiger charge is -2.34. The van der Waals surface area contributed by atoms with Gasteiger partial charge in [-0.2, -0.15) is 0 Å². The third kappa shape index (κ3) is 4.31. The van der Waals surface area contributed by atoms with Gasteiger partial charge < -0.3 is 10.0 Å². The summed E-state index contributed by atoms with van der Waals surface area (Å²) >= 11 is 0. The maximum absolute atomic E-state index is 11.8. The molecule has 1 aliphatic heterocycles. The van der Waals surface area contributed by atoms with Gasteiger partial charge in [-0.25, -0.2) is 0 Å². The van der Waals surface area contributed by atoms with E-state index in [1.54, 1.807) is 17.3 Å². The van der Waals surface area contributed by atoms with E-state index in [9.17, 15) is 9.59 Å². The highest BCUT2D eigenvalue weighted by atomic mass is 16.4. The van der Waals surface area contributed by atoms with Crippen LogP contribution in [0.3, 0.4) is 0 Å². The molecule has 0 aliphatic carbocycles. The van der Waals surface area contributed by atoms with E-state index >= 15 is 0 Å². The van der Waals surface area contributed by atoms with Gasteiger partial charge in [-0.1, -0.05) is 0 Å². The number of carboxylic acid groups (broad SMARTS) is 1. The molecular formula is C14H19N3O3. The summed E-state index contributed by atoms with van der Waals surface area (Å²) in [5, 5.41) is 8.58. The fourth-order valence-corrected chi connectivity index (χ4v) is 2.27. The second-order valence-corrected chi connectivity index (χ2v) is 4.91. The predicted octanol–water partition coefficient (Wildman–Crippen LogP) is 0.591. The first-order chi connectivity index (χ1) is 9.65. The topological polar surface area (TPSA) is 73.7 Å². The Labute approximate surface area is 118 Å². The number of carbonyl (C=O) groups excluding carboxylic acids is 1. The van der Waals surface area contributed by atoms with Crippen molar-refractivity contribution in [2.45, 2.75) is 19.4 Å². The van der Waals surface area contributed by atoms with Crippen LogP contribution in [0.5, 0.6) is 0 Å². The van der Waals surface area contributed by atoms with Gasteiger partial charge in [0.25, 0.3) is 0 Å². The van der Waals surface area contributed by atoms with Crippen LogP contribution in [0.25, 0.3) is 0 Å². The number of pyridine rings is 1. The SMILES string of the molecule is O=C(O)CCC(=O)N1CCN(Cc2ccncc2)CC1. The first-order valence-electron chi connectivity index (χ1n) is 6.76. The van der Waals surface area contributed by atoms with E-state index in [0.29, 0.717) is 13.1 Å². The van der Waals surface area contributed by atoms with E-state index < -0.39 is 5.97 Å². The number of hydrogen-bond acceptors (Lipinski definition) is 4. The molecule has 0 bridgehead atoms. The van der Waals surface area contributed by atoms with Gasteiger partial charge in [-0.3, -0.25) is 19.5 Å². The van der Waals surface area contributed by atoms with Gasteiger partial charge in [-0.15, -0.1) is 0 Å². The van der Waals surface area contributed by atoms with Gasteiger partial charge in [-0.05, 0) is 17.7 Å². The average molecular weight is 277 g/mol. The molecule has 1 amide bonds. The van der Waals surface area contributed by atoms with Crippen LogP contribution in [0.2, 0.25) is 0 Å². The van der Waals surface area contributed by atoms with Crippen molar-refractivity contribution in [2.75, 3.05) is 26.2 Å². The number of nitrogens with zero attached hydrogens (tertiary/aromatic N) is 3. The number of carbonyl (C=O) groups is 2. The van der Waals surface area contributed by atoms with Crippen LogP contribution in [-0.4, -0.2) is 57.9 Å². The third-order valence-electron chi connectivity index (χ3n) is 3.43. The molecule has 20 heavy (non-hydrogen) atoms. The number of aliphatic carboxylic acids is 1. The third-order valence-corrected chi connectivity index (χ3v) is 3.43. The summed E-state index contributed by atoms with van der Waals surface area (Å²) in [6.45, 7) is 3.84. The highest BCUT2D eigenvalue weighted by Crippen LogP contribution is 2.09. The standard InChI is InChI=1S/C14H19N3O3/c18-13(1-2-14(19)20)17-9-7-16(8-10-17)11-12-3-5-15-6-4-12/h3-6H,1-2,7-11H2,(H,19,20). The minimum Gasteiger partial charge on any atom is -0.481 e. The van der Waals surface area contributed by atoms with Crippen molar-refractivity contribution >= 4 is 11.9 Å². The molecule has 0 atom stereocenters. The molecule has 1 aromatic heterocycles. The molecule has 0 spiro atoms. The lowest BCUT2D eigenvalue weighted by molar-refractivity contribution is -0.141. The Morgan fingerprint density at radius 3 is 2.35 bits per heavy atom. The normalized spacial score (nSPS) is 16.1. The van der Waals surface area contributed by atoms with Crippen molar-refractivity contribution in [3.63, 3.8) is 0 Å². The van der Waals surface area contributed by atoms with Gasteiger partial charge in [0, 0.05) is 51.5 Å². The van der Waals surface area contributed by atoms with Crippen LogP contribution in [0.4, 0.5) is 0 Å². The van der Waals surface area contributed by atoms with E-state index in [2.05, 4.69) is 9.88 Å². The summed E-state index contributed by atoms with van der Waals surface area (Å²) in [4.78, 5) is 30.3. The molecule has 1 aromatic rings. The van der Waals surface area contributed by atoms with Gasteiger partial charge in [0.2, 0.25) is 5.91 Å². The van der Waals surface area contributed by atoms with E-state index in [-0.39, 0.29) is 18.7 Å². The summed E-state index contributed by atoms with van der Waals surface area (Å²) in [6, 6.07) is 3.98. The summed E-state index contributed by atoms with van der Waals surface area (Å²) in [5.41, 5.74) is 1.21. The van der Waals surface area contributed by atoms with Crippen molar-refractivity contribution in [1.82, 2.24) is 14.8 Å². The smallest absolute Gasteiger partial charge is 0.303 e. The minimum atomic E-state index is -0.922. The van der Waals surface area contributed by atoms with Crippen molar-refractivity contribution in [3.05, 3.63) is 30.1 Å². The van der Waals surface area contributed by atoms with E-state index in [1.807, 2.05) is 12.1 Å². The molecule has 6 nitrogen and oxygen atoms in total. The Bertz CT molecular complexity index is 456. The lowest BCUT2D eigenvalue weighted by Crippen LogP contribution is -2.48. The summed E-state index contributed by atoms with van der Waals surface area (Å²) in [7, 11) is 0. The Kier molecular flexibility index (Phi) is 5.06. The molecule has 0 saturated carbocycles. The molecule has 0 unspecified atom stereocenters. The van der Waals surface area contributed by atoms with Crippen LogP contribution in [0.1, 0.15) is 18.4 Å². The Balaban J connectivity index is 1.75. The van der Waals surface area contributed by atoms with E-state index in [1.165, 1.54) is 5.56 Å². The second-order valence-electron chi connectivity index (χ2n) is 4.91. The Morgan fingerprint density at radius 1 is 1.10 bits per heavy atom. The largest absolute Gasteiger partial charge is 0.481 e. The van der Waals surface area contributed by atoms with Crippen molar-refractivity contribution in [3.8, 4) is 0 Å². The number of hydrogen-bond donors (Lipinski definition) is 1. The van der Waals surface area contributed by atoms with Gasteiger partial charge in [0.15, 0.2) is 0 Å². The second kappa shape index (κ2) is 7.00. The highest BCUT2D eigenvalue weighted by Gasteiger charge is 2.21.